The van der Waals surface area contributed by atoms with Crippen LogP contribution in [0.4, 0.5) is 13.2 Å². The molecule has 0 saturated carbocycles. The van der Waals surface area contributed by atoms with Gasteiger partial charge in [-0.15, -0.1) is 6.58 Å². The standard InChI is InChI=1S/C13H15F3O/c1-9(2)6-7-17-11-5-4-10(3)12(8-11)13(14,15)16/h4-5,8H,1,6-7H2,2-3H3. The molecule has 0 heterocycles. The molecule has 0 N–H and O–H groups in total. The third-order valence-corrected chi connectivity index (χ3v) is 2.31. The van der Waals surface area contributed by atoms with Crippen molar-refractivity contribution in [2.75, 3.05) is 6.61 Å². The molecule has 17 heavy (non-hydrogen) atoms. The first-order valence-electron chi connectivity index (χ1n) is 5.25. The monoisotopic (exact) mass is 244 g/mol. The van der Waals surface area contributed by atoms with Crippen LogP contribution in [0.2, 0.25) is 0 Å². The summed E-state index contributed by atoms with van der Waals surface area (Å²) in [6.45, 7) is 7.32. The van der Waals surface area contributed by atoms with Crippen LogP contribution in [0, 0.1) is 6.92 Å². The number of alkyl halides is 3. The first-order valence-corrected chi connectivity index (χ1v) is 5.25. The molecule has 1 rings (SSSR count). The average molecular weight is 244 g/mol. The molecule has 1 aromatic rings. The second kappa shape index (κ2) is 5.25. The maximum Gasteiger partial charge on any atom is 0.416 e. The van der Waals surface area contributed by atoms with Crippen molar-refractivity contribution in [3.63, 3.8) is 0 Å². The van der Waals surface area contributed by atoms with Gasteiger partial charge < -0.3 is 4.74 Å². The zero-order valence-electron chi connectivity index (χ0n) is 9.90. The highest BCUT2D eigenvalue weighted by Gasteiger charge is 2.32. The Labute approximate surface area is 98.9 Å². The summed E-state index contributed by atoms with van der Waals surface area (Å²) in [5.74, 6) is 0.240. The Morgan fingerprint density at radius 1 is 1.35 bits per heavy atom. The van der Waals surface area contributed by atoms with Gasteiger partial charge in [0.15, 0.2) is 0 Å². The number of ether oxygens (including phenoxy) is 1. The molecular weight excluding hydrogens is 229 g/mol. The lowest BCUT2D eigenvalue weighted by Gasteiger charge is -2.12. The van der Waals surface area contributed by atoms with Gasteiger partial charge in [0.2, 0.25) is 0 Å². The average Bonchev–Trinajstić information content (AvgIpc) is 2.18. The normalized spacial score (nSPS) is 11.4. The summed E-state index contributed by atoms with van der Waals surface area (Å²) in [5.41, 5.74) is 0.489. The van der Waals surface area contributed by atoms with Gasteiger partial charge in [-0.1, -0.05) is 11.6 Å². The van der Waals surface area contributed by atoms with Crippen LogP contribution in [0.1, 0.15) is 24.5 Å². The van der Waals surface area contributed by atoms with E-state index in [1.165, 1.54) is 13.0 Å². The van der Waals surface area contributed by atoms with Crippen LogP contribution < -0.4 is 4.74 Å². The van der Waals surface area contributed by atoms with Crippen molar-refractivity contribution in [2.24, 2.45) is 0 Å². The second-order valence-electron chi connectivity index (χ2n) is 4.03. The Morgan fingerprint density at radius 2 is 2.00 bits per heavy atom. The lowest BCUT2D eigenvalue weighted by atomic mass is 10.1. The fourth-order valence-corrected chi connectivity index (χ4v) is 1.34. The number of rotatable bonds is 4. The number of hydrogen-bond donors (Lipinski definition) is 0. The van der Waals surface area contributed by atoms with Gasteiger partial charge in [-0.25, -0.2) is 0 Å². The van der Waals surface area contributed by atoms with Crippen molar-refractivity contribution in [3.8, 4) is 5.75 Å². The number of aryl methyl sites for hydroxylation is 1. The third-order valence-electron chi connectivity index (χ3n) is 2.31. The van der Waals surface area contributed by atoms with Crippen LogP contribution in [-0.2, 0) is 6.18 Å². The summed E-state index contributed by atoms with van der Waals surface area (Å²) in [6.07, 6.45) is -3.70. The second-order valence-corrected chi connectivity index (χ2v) is 4.03. The first-order chi connectivity index (χ1) is 7.80. The minimum absolute atomic E-state index is 0.199. The quantitative estimate of drug-likeness (QED) is 0.715. The lowest BCUT2D eigenvalue weighted by molar-refractivity contribution is -0.138. The highest BCUT2D eigenvalue weighted by atomic mass is 19.4. The molecule has 4 heteroatoms. The predicted molar refractivity (Wildman–Crippen MR) is 61.1 cm³/mol. The lowest BCUT2D eigenvalue weighted by Crippen LogP contribution is -2.08. The molecule has 94 valence electrons. The van der Waals surface area contributed by atoms with Crippen molar-refractivity contribution in [1.82, 2.24) is 0 Å². The van der Waals surface area contributed by atoms with E-state index < -0.39 is 11.7 Å². The molecule has 1 aromatic carbocycles. The van der Waals surface area contributed by atoms with Gasteiger partial charge in [-0.3, -0.25) is 0 Å². The Kier molecular flexibility index (Phi) is 4.21. The van der Waals surface area contributed by atoms with Gasteiger partial charge in [0, 0.05) is 6.42 Å². The number of hydrogen-bond acceptors (Lipinski definition) is 1. The summed E-state index contributed by atoms with van der Waals surface area (Å²) in [6, 6.07) is 4.00. The molecule has 0 spiro atoms. The molecule has 0 unspecified atom stereocenters. The molecule has 0 aliphatic heterocycles. The maximum atomic E-state index is 12.6. The highest BCUT2D eigenvalue weighted by Crippen LogP contribution is 2.34. The molecule has 0 radical (unpaired) electrons. The SMILES string of the molecule is C=C(C)CCOc1ccc(C)c(C(F)(F)F)c1. The van der Waals surface area contributed by atoms with Gasteiger partial charge in [-0.05, 0) is 31.5 Å². The Balaban J connectivity index is 2.79. The van der Waals surface area contributed by atoms with Gasteiger partial charge in [0.05, 0.1) is 12.2 Å². The maximum absolute atomic E-state index is 12.6. The molecule has 0 aliphatic carbocycles. The molecule has 0 fully saturated rings. The van der Waals surface area contributed by atoms with Crippen molar-refractivity contribution in [2.45, 2.75) is 26.4 Å². The highest BCUT2D eigenvalue weighted by molar-refractivity contribution is 5.36. The summed E-state index contributed by atoms with van der Waals surface area (Å²) in [4.78, 5) is 0. The van der Waals surface area contributed by atoms with Crippen LogP contribution >= 0.6 is 0 Å². The minimum atomic E-state index is -4.34. The predicted octanol–water partition coefficient (Wildman–Crippen LogP) is 4.36. The van der Waals surface area contributed by atoms with Gasteiger partial charge in [0.1, 0.15) is 5.75 Å². The van der Waals surface area contributed by atoms with E-state index in [0.29, 0.717) is 13.0 Å². The fraction of sp³-hybridized carbons (Fsp3) is 0.385. The van der Waals surface area contributed by atoms with E-state index in [-0.39, 0.29) is 11.3 Å². The van der Waals surface area contributed by atoms with Crippen LogP contribution in [0.15, 0.2) is 30.4 Å². The van der Waals surface area contributed by atoms with E-state index in [1.807, 2.05) is 6.92 Å². The number of benzene rings is 1. The molecule has 0 atom stereocenters. The van der Waals surface area contributed by atoms with Gasteiger partial charge in [0.25, 0.3) is 0 Å². The molecule has 0 saturated heterocycles. The zero-order valence-corrected chi connectivity index (χ0v) is 9.90. The minimum Gasteiger partial charge on any atom is -0.493 e. The molecular formula is C13H15F3O. The van der Waals surface area contributed by atoms with E-state index in [1.54, 1.807) is 6.07 Å². The van der Waals surface area contributed by atoms with Gasteiger partial charge in [-0.2, -0.15) is 13.2 Å². The van der Waals surface area contributed by atoms with E-state index in [2.05, 4.69) is 6.58 Å². The summed E-state index contributed by atoms with van der Waals surface area (Å²) in [5, 5.41) is 0. The fourth-order valence-electron chi connectivity index (χ4n) is 1.34. The Bertz CT molecular complexity index is 408. The van der Waals surface area contributed by atoms with Crippen LogP contribution in [0.25, 0.3) is 0 Å². The molecule has 0 bridgehead atoms. The van der Waals surface area contributed by atoms with Crippen molar-refractivity contribution >= 4 is 0 Å². The van der Waals surface area contributed by atoms with Crippen molar-refractivity contribution in [3.05, 3.63) is 41.5 Å². The summed E-state index contributed by atoms with van der Waals surface area (Å²) in [7, 11) is 0. The Hall–Kier alpha value is -1.45. The first kappa shape index (κ1) is 13.6. The van der Waals surface area contributed by atoms with E-state index in [9.17, 15) is 13.2 Å². The topological polar surface area (TPSA) is 9.23 Å². The van der Waals surface area contributed by atoms with Crippen LogP contribution in [0.3, 0.4) is 0 Å². The van der Waals surface area contributed by atoms with Crippen LogP contribution in [-0.4, -0.2) is 6.61 Å². The molecule has 1 nitrogen and oxygen atoms in total. The Morgan fingerprint density at radius 3 is 2.53 bits per heavy atom. The smallest absolute Gasteiger partial charge is 0.416 e. The van der Waals surface area contributed by atoms with E-state index >= 15 is 0 Å². The largest absolute Gasteiger partial charge is 0.493 e. The molecule has 0 aromatic heterocycles. The van der Waals surface area contributed by atoms with Crippen LogP contribution in [0.5, 0.6) is 5.75 Å². The summed E-state index contributed by atoms with van der Waals surface area (Å²) < 4.78 is 43.1. The van der Waals surface area contributed by atoms with Crippen molar-refractivity contribution in [1.29, 1.82) is 0 Å². The van der Waals surface area contributed by atoms with Gasteiger partial charge >= 0.3 is 6.18 Å². The van der Waals surface area contributed by atoms with Crippen molar-refractivity contribution < 1.29 is 17.9 Å². The summed E-state index contributed by atoms with van der Waals surface area (Å²) >= 11 is 0. The number of halogens is 3. The molecule has 0 aliphatic rings. The van der Waals surface area contributed by atoms with E-state index in [4.69, 9.17) is 4.74 Å². The molecule has 0 amide bonds. The third kappa shape index (κ3) is 4.13. The zero-order chi connectivity index (χ0) is 13.1. The van der Waals surface area contributed by atoms with E-state index in [0.717, 1.165) is 11.6 Å².